The van der Waals surface area contributed by atoms with Crippen LogP contribution in [0.2, 0.25) is 0 Å². The molecule has 3 heteroatoms. The van der Waals surface area contributed by atoms with E-state index in [0.717, 1.165) is 18.8 Å². The number of piperidine rings is 1. The molecule has 2 heterocycles. The number of hydrogen-bond donors (Lipinski definition) is 1. The minimum atomic E-state index is 0.148. The van der Waals surface area contributed by atoms with Crippen molar-refractivity contribution < 1.29 is 4.42 Å². The van der Waals surface area contributed by atoms with Gasteiger partial charge >= 0.3 is 0 Å². The Labute approximate surface area is 130 Å². The van der Waals surface area contributed by atoms with Crippen LogP contribution in [-0.2, 0) is 13.1 Å². The molecule has 1 saturated heterocycles. The summed E-state index contributed by atoms with van der Waals surface area (Å²) in [5.74, 6) is 1.10. The zero-order valence-electron chi connectivity index (χ0n) is 14.5. The predicted octanol–water partition coefficient (Wildman–Crippen LogP) is 4.18. The largest absolute Gasteiger partial charge is 0.468 e. The summed E-state index contributed by atoms with van der Waals surface area (Å²) in [7, 11) is 0. The van der Waals surface area contributed by atoms with Gasteiger partial charge in [0.15, 0.2) is 0 Å². The molecule has 0 saturated carbocycles. The van der Waals surface area contributed by atoms with Gasteiger partial charge in [-0.3, -0.25) is 4.90 Å². The van der Waals surface area contributed by atoms with Crippen molar-refractivity contribution in [2.45, 2.75) is 72.5 Å². The fourth-order valence-electron chi connectivity index (χ4n) is 2.79. The molecule has 0 atom stereocenters. The second-order valence-electron chi connectivity index (χ2n) is 7.97. The molecule has 0 bridgehead atoms. The van der Waals surface area contributed by atoms with Crippen LogP contribution in [0.25, 0.3) is 0 Å². The maximum Gasteiger partial charge on any atom is 0.118 e. The molecule has 1 aliphatic rings. The molecule has 3 nitrogen and oxygen atoms in total. The lowest BCUT2D eigenvalue weighted by Crippen LogP contribution is -2.37. The van der Waals surface area contributed by atoms with Crippen LogP contribution in [0.4, 0.5) is 0 Å². The molecular formula is C18H32N2O. The van der Waals surface area contributed by atoms with Crippen molar-refractivity contribution in [2.24, 2.45) is 5.41 Å². The maximum absolute atomic E-state index is 5.73. The monoisotopic (exact) mass is 292 g/mol. The molecule has 0 radical (unpaired) electrons. The molecule has 1 aromatic heterocycles. The minimum absolute atomic E-state index is 0.148. The first-order valence-corrected chi connectivity index (χ1v) is 8.33. The molecule has 1 fully saturated rings. The summed E-state index contributed by atoms with van der Waals surface area (Å²) in [5, 5.41) is 3.50. The Morgan fingerprint density at radius 3 is 2.52 bits per heavy atom. The van der Waals surface area contributed by atoms with Crippen LogP contribution in [0.3, 0.4) is 0 Å². The van der Waals surface area contributed by atoms with Gasteiger partial charge in [-0.2, -0.15) is 0 Å². The second kappa shape index (κ2) is 6.53. The highest BCUT2D eigenvalue weighted by atomic mass is 16.3. The van der Waals surface area contributed by atoms with Crippen LogP contribution in [-0.4, -0.2) is 23.5 Å². The molecule has 2 rings (SSSR count). The van der Waals surface area contributed by atoms with Crippen LogP contribution < -0.4 is 5.32 Å². The van der Waals surface area contributed by atoms with E-state index in [4.69, 9.17) is 4.42 Å². The van der Waals surface area contributed by atoms with Gasteiger partial charge in [0, 0.05) is 17.6 Å². The summed E-state index contributed by atoms with van der Waals surface area (Å²) in [6.07, 6.45) is 5.81. The summed E-state index contributed by atoms with van der Waals surface area (Å²) in [5.41, 5.74) is 1.95. The molecule has 1 aromatic rings. The lowest BCUT2D eigenvalue weighted by molar-refractivity contribution is 0.104. The predicted molar refractivity (Wildman–Crippen MR) is 88.2 cm³/mol. The van der Waals surface area contributed by atoms with Crippen molar-refractivity contribution in [3.05, 3.63) is 23.7 Å². The van der Waals surface area contributed by atoms with Gasteiger partial charge in [-0.05, 0) is 58.2 Å². The van der Waals surface area contributed by atoms with Gasteiger partial charge < -0.3 is 9.73 Å². The van der Waals surface area contributed by atoms with Crippen LogP contribution >= 0.6 is 0 Å². The van der Waals surface area contributed by atoms with E-state index in [0.29, 0.717) is 5.41 Å². The zero-order chi connectivity index (χ0) is 15.5. The molecule has 21 heavy (non-hydrogen) atoms. The highest BCUT2D eigenvalue weighted by Crippen LogP contribution is 2.34. The fourth-order valence-corrected chi connectivity index (χ4v) is 2.79. The Hall–Kier alpha value is -0.800. The summed E-state index contributed by atoms with van der Waals surface area (Å²) in [6.45, 7) is 15.5. The quantitative estimate of drug-likeness (QED) is 0.882. The summed E-state index contributed by atoms with van der Waals surface area (Å²) in [4.78, 5) is 2.53. The Kier molecular flexibility index (Phi) is 5.15. The fraction of sp³-hybridized carbons (Fsp3) is 0.778. The summed E-state index contributed by atoms with van der Waals surface area (Å²) < 4.78 is 5.73. The van der Waals surface area contributed by atoms with E-state index in [1.54, 1.807) is 0 Å². The first-order valence-electron chi connectivity index (χ1n) is 8.33. The molecular weight excluding hydrogens is 260 g/mol. The Morgan fingerprint density at radius 2 is 1.95 bits per heavy atom. The lowest BCUT2D eigenvalue weighted by Gasteiger charge is -2.38. The van der Waals surface area contributed by atoms with E-state index in [-0.39, 0.29) is 5.54 Å². The van der Waals surface area contributed by atoms with Crippen molar-refractivity contribution in [1.82, 2.24) is 10.2 Å². The third kappa shape index (κ3) is 5.15. The summed E-state index contributed by atoms with van der Waals surface area (Å²) >= 11 is 0. The number of furan rings is 1. The normalized spacial score (nSPS) is 19.9. The first-order chi connectivity index (χ1) is 9.80. The van der Waals surface area contributed by atoms with Gasteiger partial charge in [-0.1, -0.05) is 20.3 Å². The Bertz CT molecular complexity index is 436. The van der Waals surface area contributed by atoms with E-state index in [1.807, 2.05) is 6.26 Å². The van der Waals surface area contributed by atoms with E-state index in [1.165, 1.54) is 37.9 Å². The van der Waals surface area contributed by atoms with Crippen molar-refractivity contribution in [2.75, 3.05) is 13.1 Å². The van der Waals surface area contributed by atoms with E-state index < -0.39 is 0 Å². The van der Waals surface area contributed by atoms with E-state index >= 15 is 0 Å². The highest BCUT2D eigenvalue weighted by molar-refractivity contribution is 5.13. The van der Waals surface area contributed by atoms with Gasteiger partial charge in [0.1, 0.15) is 5.76 Å². The number of nitrogens with one attached hydrogen (secondary N) is 1. The van der Waals surface area contributed by atoms with Crippen LogP contribution in [0.5, 0.6) is 0 Å². The Balaban J connectivity index is 1.81. The molecule has 0 aromatic carbocycles. The number of rotatable bonds is 5. The SMILES string of the molecule is CCC1(C)CCN(Cc2cc(CNC(C)(C)C)co2)CC1. The Morgan fingerprint density at radius 1 is 1.29 bits per heavy atom. The van der Waals surface area contributed by atoms with Crippen molar-refractivity contribution in [3.8, 4) is 0 Å². The number of hydrogen-bond acceptors (Lipinski definition) is 3. The van der Waals surface area contributed by atoms with Crippen LogP contribution in [0.1, 0.15) is 65.2 Å². The van der Waals surface area contributed by atoms with Crippen molar-refractivity contribution >= 4 is 0 Å². The number of nitrogens with zero attached hydrogens (tertiary/aromatic N) is 1. The van der Waals surface area contributed by atoms with Gasteiger partial charge in [-0.15, -0.1) is 0 Å². The molecule has 1 N–H and O–H groups in total. The average molecular weight is 292 g/mol. The van der Waals surface area contributed by atoms with Crippen molar-refractivity contribution in [1.29, 1.82) is 0 Å². The van der Waals surface area contributed by atoms with Gasteiger partial charge in [0.05, 0.1) is 12.8 Å². The van der Waals surface area contributed by atoms with E-state index in [9.17, 15) is 0 Å². The van der Waals surface area contributed by atoms with Crippen molar-refractivity contribution in [3.63, 3.8) is 0 Å². The molecule has 120 valence electrons. The van der Waals surface area contributed by atoms with Gasteiger partial charge in [0.2, 0.25) is 0 Å². The highest BCUT2D eigenvalue weighted by Gasteiger charge is 2.28. The number of likely N-dealkylation sites (tertiary alicyclic amines) is 1. The van der Waals surface area contributed by atoms with Gasteiger partial charge in [-0.25, -0.2) is 0 Å². The maximum atomic E-state index is 5.73. The third-order valence-corrected chi connectivity index (χ3v) is 4.83. The molecule has 1 aliphatic heterocycles. The third-order valence-electron chi connectivity index (χ3n) is 4.83. The van der Waals surface area contributed by atoms with Gasteiger partial charge in [0.25, 0.3) is 0 Å². The average Bonchev–Trinajstić information content (AvgIpc) is 2.86. The molecule has 0 aliphatic carbocycles. The minimum Gasteiger partial charge on any atom is -0.468 e. The smallest absolute Gasteiger partial charge is 0.118 e. The molecule has 0 spiro atoms. The standard InChI is InChI=1S/C18H32N2O/c1-6-18(5)7-9-20(10-8-18)13-16-11-15(14-21-16)12-19-17(2,3)4/h11,14,19H,6-10,12-13H2,1-5H3. The first kappa shape index (κ1) is 16.6. The summed E-state index contributed by atoms with van der Waals surface area (Å²) in [6, 6.07) is 2.20. The van der Waals surface area contributed by atoms with Crippen LogP contribution in [0, 0.1) is 5.41 Å². The van der Waals surface area contributed by atoms with Crippen LogP contribution in [0.15, 0.2) is 16.7 Å². The second-order valence-corrected chi connectivity index (χ2v) is 7.97. The zero-order valence-corrected chi connectivity index (χ0v) is 14.5. The molecule has 0 amide bonds. The van der Waals surface area contributed by atoms with E-state index in [2.05, 4.69) is 50.9 Å². The molecule has 0 unspecified atom stereocenters. The lowest BCUT2D eigenvalue weighted by atomic mass is 9.78. The topological polar surface area (TPSA) is 28.4 Å².